The maximum atomic E-state index is 12.4. The zero-order valence-electron chi connectivity index (χ0n) is 14.3. The molecule has 3 unspecified atom stereocenters. The minimum Gasteiger partial charge on any atom is -0.508 e. The Hall–Kier alpha value is -3.00. The molecule has 0 bridgehead atoms. The molecule has 0 saturated heterocycles. The summed E-state index contributed by atoms with van der Waals surface area (Å²) in [5.74, 6) is -1.20. The zero-order valence-corrected chi connectivity index (χ0v) is 14.3. The summed E-state index contributed by atoms with van der Waals surface area (Å²) >= 11 is 0. The van der Waals surface area contributed by atoms with Gasteiger partial charge in [-0.2, -0.15) is 5.26 Å². The molecule has 1 heterocycles. The Morgan fingerprint density at radius 1 is 1.32 bits per heavy atom. The summed E-state index contributed by atoms with van der Waals surface area (Å²) in [7, 11) is 1.68. The predicted octanol–water partition coefficient (Wildman–Crippen LogP) is 2.55. The summed E-state index contributed by atoms with van der Waals surface area (Å²) in [6.07, 6.45) is 0.670. The van der Waals surface area contributed by atoms with E-state index in [2.05, 4.69) is 6.07 Å². The first kappa shape index (κ1) is 16.8. The SMILES string of the molecule is CC(Cc1ccccc1)C1c2c(O)cccc2N(C)C1(C#N)C(N)=O. The van der Waals surface area contributed by atoms with Crippen LogP contribution in [0.5, 0.6) is 5.75 Å². The molecule has 0 spiro atoms. The molecule has 1 aliphatic rings. The summed E-state index contributed by atoms with van der Waals surface area (Å²) in [6, 6.07) is 17.1. The van der Waals surface area contributed by atoms with Crippen LogP contribution in [-0.4, -0.2) is 23.6 Å². The highest BCUT2D eigenvalue weighted by atomic mass is 16.3. The maximum Gasteiger partial charge on any atom is 0.258 e. The van der Waals surface area contributed by atoms with E-state index in [9.17, 15) is 15.2 Å². The first-order chi connectivity index (χ1) is 11.9. The fourth-order valence-electron chi connectivity index (χ4n) is 4.08. The van der Waals surface area contributed by atoms with Gasteiger partial charge in [0.2, 0.25) is 5.54 Å². The van der Waals surface area contributed by atoms with E-state index in [0.29, 0.717) is 17.7 Å². The summed E-state index contributed by atoms with van der Waals surface area (Å²) in [4.78, 5) is 14.0. The number of amides is 1. The predicted molar refractivity (Wildman–Crippen MR) is 96.1 cm³/mol. The van der Waals surface area contributed by atoms with E-state index in [1.54, 1.807) is 30.1 Å². The van der Waals surface area contributed by atoms with Crippen molar-refractivity contribution in [3.63, 3.8) is 0 Å². The molecule has 3 atom stereocenters. The lowest BCUT2D eigenvalue weighted by molar-refractivity contribution is -0.122. The third-order valence-electron chi connectivity index (χ3n) is 5.23. The lowest BCUT2D eigenvalue weighted by Gasteiger charge is -2.35. The first-order valence-corrected chi connectivity index (χ1v) is 8.24. The summed E-state index contributed by atoms with van der Waals surface area (Å²) in [5.41, 5.74) is 6.58. The number of fused-ring (bicyclic) bond motifs is 1. The highest BCUT2D eigenvalue weighted by molar-refractivity contribution is 5.97. The second-order valence-electron chi connectivity index (χ2n) is 6.66. The number of phenols is 1. The number of phenolic OH excluding ortho intramolecular Hbond substituents is 1. The van der Waals surface area contributed by atoms with Crippen LogP contribution in [0.4, 0.5) is 5.69 Å². The monoisotopic (exact) mass is 335 g/mol. The number of hydrogen-bond donors (Lipinski definition) is 2. The van der Waals surface area contributed by atoms with Crippen LogP contribution < -0.4 is 10.6 Å². The third kappa shape index (κ3) is 2.42. The molecule has 1 aliphatic heterocycles. The number of primary amides is 1. The zero-order chi connectivity index (χ0) is 18.2. The fourth-order valence-corrected chi connectivity index (χ4v) is 4.08. The second kappa shape index (κ2) is 6.14. The van der Waals surface area contributed by atoms with Crippen LogP contribution >= 0.6 is 0 Å². The second-order valence-corrected chi connectivity index (χ2v) is 6.66. The van der Waals surface area contributed by atoms with Gasteiger partial charge in [-0.25, -0.2) is 0 Å². The molecule has 5 nitrogen and oxygen atoms in total. The highest BCUT2D eigenvalue weighted by Crippen LogP contribution is 2.53. The molecule has 2 aromatic rings. The molecule has 0 saturated carbocycles. The Kier molecular flexibility index (Phi) is 4.13. The summed E-state index contributed by atoms with van der Waals surface area (Å²) in [5, 5.41) is 20.4. The van der Waals surface area contributed by atoms with Crippen LogP contribution in [0.2, 0.25) is 0 Å². The van der Waals surface area contributed by atoms with Gasteiger partial charge >= 0.3 is 0 Å². The van der Waals surface area contributed by atoms with Gasteiger partial charge in [-0.05, 0) is 30.0 Å². The van der Waals surface area contributed by atoms with Gasteiger partial charge in [-0.15, -0.1) is 0 Å². The third-order valence-corrected chi connectivity index (χ3v) is 5.23. The number of aromatic hydroxyl groups is 1. The van der Waals surface area contributed by atoms with Crippen LogP contribution in [0.25, 0.3) is 0 Å². The normalized spacial score (nSPS) is 22.9. The van der Waals surface area contributed by atoms with Crippen molar-refractivity contribution in [1.29, 1.82) is 5.26 Å². The molecule has 0 aromatic heterocycles. The minimum absolute atomic E-state index is 0.0773. The van der Waals surface area contributed by atoms with Crippen molar-refractivity contribution in [2.45, 2.75) is 24.8 Å². The van der Waals surface area contributed by atoms with Crippen molar-refractivity contribution in [3.8, 4) is 11.8 Å². The molecule has 1 amide bonds. The van der Waals surface area contributed by atoms with Crippen molar-refractivity contribution in [3.05, 3.63) is 59.7 Å². The Morgan fingerprint density at radius 3 is 2.60 bits per heavy atom. The molecule has 3 N–H and O–H groups in total. The summed E-state index contributed by atoms with van der Waals surface area (Å²) < 4.78 is 0. The molecule has 128 valence electrons. The molecule has 3 rings (SSSR count). The number of nitrogens with two attached hydrogens (primary N) is 1. The number of carbonyl (C=O) groups excluding carboxylic acids is 1. The molecule has 0 radical (unpaired) electrons. The van der Waals surface area contributed by atoms with Gasteiger partial charge in [0, 0.05) is 24.2 Å². The molecule has 2 aromatic carbocycles. The molecular weight excluding hydrogens is 314 g/mol. The summed E-state index contributed by atoms with van der Waals surface area (Å²) in [6.45, 7) is 1.99. The van der Waals surface area contributed by atoms with E-state index in [-0.39, 0.29) is 11.7 Å². The van der Waals surface area contributed by atoms with Gasteiger partial charge in [0.1, 0.15) is 11.8 Å². The standard InChI is InChI=1S/C20H21N3O2/c1-13(11-14-7-4-3-5-8-14)18-17-15(9-6-10-16(17)24)23(2)20(18,12-21)19(22)25/h3-10,13,18,24H,11H2,1-2H3,(H2,22,25). The van der Waals surface area contributed by atoms with E-state index in [1.165, 1.54) is 0 Å². The number of hydrogen-bond acceptors (Lipinski definition) is 4. The molecular formula is C20H21N3O2. The van der Waals surface area contributed by atoms with Gasteiger partial charge in [0.25, 0.3) is 5.91 Å². The first-order valence-electron chi connectivity index (χ1n) is 8.24. The number of nitrogens with zero attached hydrogens (tertiary/aromatic N) is 2. The van der Waals surface area contributed by atoms with Gasteiger partial charge in [0.05, 0.1) is 0 Å². The lowest BCUT2D eigenvalue weighted by atomic mass is 9.72. The number of rotatable bonds is 4. The van der Waals surface area contributed by atoms with Gasteiger partial charge in [-0.1, -0.05) is 43.3 Å². The van der Waals surface area contributed by atoms with Crippen LogP contribution in [-0.2, 0) is 11.2 Å². The number of carbonyl (C=O) groups is 1. The largest absolute Gasteiger partial charge is 0.508 e. The van der Waals surface area contributed by atoms with Crippen LogP contribution in [0.1, 0.15) is 24.0 Å². The van der Waals surface area contributed by atoms with Crippen LogP contribution in [0.15, 0.2) is 48.5 Å². The number of nitriles is 1. The molecule has 5 heteroatoms. The minimum atomic E-state index is -1.52. The van der Waals surface area contributed by atoms with Crippen LogP contribution in [0, 0.1) is 17.2 Å². The molecule has 0 aliphatic carbocycles. The lowest BCUT2D eigenvalue weighted by Crippen LogP contribution is -2.57. The van der Waals surface area contributed by atoms with Crippen LogP contribution in [0.3, 0.4) is 0 Å². The van der Waals surface area contributed by atoms with Crippen molar-refractivity contribution >= 4 is 11.6 Å². The Balaban J connectivity index is 2.13. The topological polar surface area (TPSA) is 90.3 Å². The number of benzene rings is 2. The van der Waals surface area contributed by atoms with E-state index in [4.69, 9.17) is 5.73 Å². The average molecular weight is 335 g/mol. The van der Waals surface area contributed by atoms with E-state index in [0.717, 1.165) is 5.56 Å². The average Bonchev–Trinajstić information content (AvgIpc) is 2.87. The number of likely N-dealkylation sites (N-methyl/N-ethyl adjacent to an activating group) is 1. The van der Waals surface area contributed by atoms with Gasteiger partial charge in [0.15, 0.2) is 0 Å². The fraction of sp³-hybridized carbons (Fsp3) is 0.300. The van der Waals surface area contributed by atoms with Gasteiger partial charge in [-0.3, -0.25) is 4.79 Å². The Bertz CT molecular complexity index is 844. The molecule has 25 heavy (non-hydrogen) atoms. The molecule has 0 fully saturated rings. The van der Waals surface area contributed by atoms with Crippen molar-refractivity contribution in [1.82, 2.24) is 0 Å². The Morgan fingerprint density at radius 2 is 2.00 bits per heavy atom. The smallest absolute Gasteiger partial charge is 0.258 e. The van der Waals surface area contributed by atoms with Gasteiger partial charge < -0.3 is 15.7 Å². The van der Waals surface area contributed by atoms with E-state index in [1.807, 2.05) is 37.3 Å². The maximum absolute atomic E-state index is 12.4. The van der Waals surface area contributed by atoms with E-state index >= 15 is 0 Å². The van der Waals surface area contributed by atoms with Crippen molar-refractivity contribution in [2.24, 2.45) is 11.7 Å². The van der Waals surface area contributed by atoms with E-state index < -0.39 is 17.4 Å². The highest BCUT2D eigenvalue weighted by Gasteiger charge is 2.57. The number of anilines is 1. The van der Waals surface area contributed by atoms with Crippen molar-refractivity contribution in [2.75, 3.05) is 11.9 Å². The Labute approximate surface area is 147 Å². The van der Waals surface area contributed by atoms with Crippen molar-refractivity contribution < 1.29 is 9.90 Å². The quantitative estimate of drug-likeness (QED) is 0.898.